The molecule has 0 N–H and O–H groups in total. The average Bonchev–Trinajstić information content (AvgIpc) is 3.12. The van der Waals surface area contributed by atoms with Crippen molar-refractivity contribution in [1.29, 1.82) is 0 Å². The number of unbranched alkanes of at least 4 members (excludes halogenated alkanes) is 4. The predicted octanol–water partition coefficient (Wildman–Crippen LogP) is 11.2. The van der Waals surface area contributed by atoms with Crippen molar-refractivity contribution in [2.45, 2.75) is 77.0 Å². The SMILES string of the molecule is CCCCCCC[C@H]1CC[C@H](c2ccc(C(=O)Oc3ccc(C(=O)Oc4ccc(C(=O)Oc5ccc([N+](=O)[O-])c(Cl)c5)c(Cl)c4)cc3)cc2)CC1. The predicted molar refractivity (Wildman–Crippen MR) is 195 cm³/mol. The van der Waals surface area contributed by atoms with E-state index >= 15 is 0 Å². The number of benzene rings is 4. The molecule has 0 aliphatic heterocycles. The van der Waals surface area contributed by atoms with Gasteiger partial charge in [0.2, 0.25) is 0 Å². The lowest BCUT2D eigenvalue weighted by atomic mass is 9.77. The van der Waals surface area contributed by atoms with Crippen molar-refractivity contribution in [3.63, 3.8) is 0 Å². The Bertz CT molecular complexity index is 1850. The molecule has 0 saturated heterocycles. The van der Waals surface area contributed by atoms with Gasteiger partial charge < -0.3 is 14.2 Å². The topological polar surface area (TPSA) is 122 Å². The molecule has 0 spiro atoms. The van der Waals surface area contributed by atoms with E-state index in [0.717, 1.165) is 18.1 Å². The maximum atomic E-state index is 12.8. The van der Waals surface area contributed by atoms with E-state index in [1.54, 1.807) is 0 Å². The zero-order valence-corrected chi connectivity index (χ0v) is 29.8. The molecule has 5 rings (SSSR count). The molecule has 0 radical (unpaired) electrons. The average molecular weight is 733 g/mol. The highest BCUT2D eigenvalue weighted by atomic mass is 35.5. The molecule has 0 unspecified atom stereocenters. The summed E-state index contributed by atoms with van der Waals surface area (Å²) in [5, 5.41) is 10.7. The van der Waals surface area contributed by atoms with Gasteiger partial charge in [0.05, 0.1) is 26.6 Å². The van der Waals surface area contributed by atoms with E-state index in [4.69, 9.17) is 37.4 Å². The van der Waals surface area contributed by atoms with Gasteiger partial charge in [-0.25, -0.2) is 14.4 Å². The molecule has 266 valence electrons. The highest BCUT2D eigenvalue weighted by Gasteiger charge is 2.23. The summed E-state index contributed by atoms with van der Waals surface area (Å²) in [4.78, 5) is 48.6. The zero-order chi connectivity index (χ0) is 36.3. The van der Waals surface area contributed by atoms with Crippen LogP contribution in [0, 0.1) is 16.0 Å². The summed E-state index contributed by atoms with van der Waals surface area (Å²) < 4.78 is 16.2. The van der Waals surface area contributed by atoms with E-state index in [1.165, 1.54) is 118 Å². The van der Waals surface area contributed by atoms with Gasteiger partial charge in [-0.1, -0.05) is 80.8 Å². The van der Waals surface area contributed by atoms with Crippen LogP contribution in [-0.2, 0) is 0 Å². The van der Waals surface area contributed by atoms with Gasteiger partial charge in [-0.2, -0.15) is 0 Å². The minimum Gasteiger partial charge on any atom is -0.423 e. The molecule has 51 heavy (non-hydrogen) atoms. The molecule has 0 amide bonds. The van der Waals surface area contributed by atoms with E-state index in [-0.39, 0.29) is 44.1 Å². The second kappa shape index (κ2) is 18.0. The Morgan fingerprint density at radius 3 is 1.78 bits per heavy atom. The normalized spacial score (nSPS) is 15.5. The van der Waals surface area contributed by atoms with Gasteiger partial charge in [0.15, 0.2) is 0 Å². The molecule has 9 nitrogen and oxygen atoms in total. The molecule has 0 heterocycles. The fraction of sp³-hybridized carbons (Fsp3) is 0.325. The molecule has 1 saturated carbocycles. The van der Waals surface area contributed by atoms with Crippen LogP contribution in [0.2, 0.25) is 10.0 Å². The lowest BCUT2D eigenvalue weighted by Crippen LogP contribution is -2.14. The van der Waals surface area contributed by atoms with Crippen molar-refractivity contribution in [2.75, 3.05) is 0 Å². The van der Waals surface area contributed by atoms with E-state index in [0.29, 0.717) is 11.5 Å². The number of nitrogens with zero attached hydrogens (tertiary/aromatic N) is 1. The first-order valence-corrected chi connectivity index (χ1v) is 18.0. The highest BCUT2D eigenvalue weighted by Crippen LogP contribution is 2.38. The van der Waals surface area contributed by atoms with Crippen LogP contribution in [-0.4, -0.2) is 22.8 Å². The van der Waals surface area contributed by atoms with Gasteiger partial charge in [0, 0.05) is 18.2 Å². The Labute approximate surface area is 307 Å². The molecular weight excluding hydrogens is 693 g/mol. The van der Waals surface area contributed by atoms with Crippen molar-refractivity contribution >= 4 is 46.8 Å². The monoisotopic (exact) mass is 731 g/mol. The van der Waals surface area contributed by atoms with Crippen molar-refractivity contribution in [3.05, 3.63) is 127 Å². The lowest BCUT2D eigenvalue weighted by Gasteiger charge is -2.29. The first kappa shape index (κ1) is 37.5. The fourth-order valence-electron chi connectivity index (χ4n) is 6.29. The van der Waals surface area contributed by atoms with Gasteiger partial charge in [0.1, 0.15) is 22.3 Å². The summed E-state index contributed by atoms with van der Waals surface area (Å²) in [5.74, 6) is -0.333. The largest absolute Gasteiger partial charge is 0.423 e. The van der Waals surface area contributed by atoms with Crippen LogP contribution in [0.25, 0.3) is 0 Å². The van der Waals surface area contributed by atoms with Gasteiger partial charge >= 0.3 is 17.9 Å². The molecule has 1 aliphatic rings. The Morgan fingerprint density at radius 1 is 0.667 bits per heavy atom. The number of hydrogen-bond donors (Lipinski definition) is 0. The third-order valence-electron chi connectivity index (χ3n) is 9.18. The van der Waals surface area contributed by atoms with Crippen LogP contribution in [0.1, 0.15) is 114 Å². The summed E-state index contributed by atoms with van der Waals surface area (Å²) in [6.45, 7) is 2.25. The summed E-state index contributed by atoms with van der Waals surface area (Å²) in [7, 11) is 0. The number of halogens is 2. The number of carbonyl (C=O) groups is 3. The molecule has 0 aromatic heterocycles. The maximum absolute atomic E-state index is 12.8. The Kier molecular flexibility index (Phi) is 13.2. The summed E-state index contributed by atoms with van der Waals surface area (Å²) in [5.41, 5.74) is 1.54. The molecule has 1 fully saturated rings. The van der Waals surface area contributed by atoms with Crippen LogP contribution < -0.4 is 14.2 Å². The second-order valence-corrected chi connectivity index (χ2v) is 13.6. The van der Waals surface area contributed by atoms with E-state index in [2.05, 4.69) is 6.92 Å². The Balaban J connectivity index is 1.09. The van der Waals surface area contributed by atoms with Gasteiger partial charge in [-0.15, -0.1) is 0 Å². The smallest absolute Gasteiger partial charge is 0.345 e. The third-order valence-corrected chi connectivity index (χ3v) is 9.79. The molecule has 4 aromatic rings. The standard InChI is InChI=1S/C40H39Cl2NO8/c1-2-3-4-5-6-7-26-8-10-27(11-9-26)28-12-14-29(15-13-28)38(44)49-31-18-16-30(17-19-31)39(45)50-32-20-22-34(35(41)24-32)40(46)51-33-21-23-37(43(47)48)36(42)25-33/h12-27H,2-11H2,1H3/t26-,27-. The number of rotatable bonds is 14. The first-order valence-electron chi connectivity index (χ1n) is 17.2. The number of nitro benzene ring substituents is 1. The van der Waals surface area contributed by atoms with Crippen LogP contribution in [0.5, 0.6) is 17.2 Å². The van der Waals surface area contributed by atoms with Gasteiger partial charge in [-0.3, -0.25) is 10.1 Å². The summed E-state index contributed by atoms with van der Waals surface area (Å²) >= 11 is 12.1. The molecule has 4 aromatic carbocycles. The van der Waals surface area contributed by atoms with E-state index in [1.807, 2.05) is 24.3 Å². The van der Waals surface area contributed by atoms with Crippen LogP contribution in [0.4, 0.5) is 5.69 Å². The van der Waals surface area contributed by atoms with Gasteiger partial charge in [-0.05, 0) is 97.7 Å². The summed E-state index contributed by atoms with van der Waals surface area (Å²) in [6.07, 6.45) is 12.9. The van der Waals surface area contributed by atoms with E-state index in [9.17, 15) is 24.5 Å². The van der Waals surface area contributed by atoms with Crippen molar-refractivity contribution in [3.8, 4) is 17.2 Å². The Hall–Kier alpha value is -4.73. The van der Waals surface area contributed by atoms with Crippen LogP contribution in [0.15, 0.2) is 84.9 Å². The maximum Gasteiger partial charge on any atom is 0.345 e. The Morgan fingerprint density at radius 2 is 1.20 bits per heavy atom. The lowest BCUT2D eigenvalue weighted by molar-refractivity contribution is -0.384. The molecular formula is C40H39Cl2NO8. The third kappa shape index (κ3) is 10.4. The molecule has 1 aliphatic carbocycles. The van der Waals surface area contributed by atoms with E-state index < -0.39 is 22.8 Å². The van der Waals surface area contributed by atoms with Crippen molar-refractivity contribution in [2.24, 2.45) is 5.92 Å². The molecule has 0 bridgehead atoms. The number of nitro groups is 1. The number of carbonyl (C=O) groups excluding carboxylic acids is 3. The second-order valence-electron chi connectivity index (χ2n) is 12.7. The quantitative estimate of drug-likeness (QED) is 0.0413. The molecule has 0 atom stereocenters. The minimum absolute atomic E-state index is 0.0136. The number of hydrogen-bond acceptors (Lipinski definition) is 8. The van der Waals surface area contributed by atoms with Crippen LogP contribution in [0.3, 0.4) is 0 Å². The summed E-state index contributed by atoms with van der Waals surface area (Å²) in [6, 6.07) is 21.1. The number of esters is 3. The minimum atomic E-state index is -0.843. The number of ether oxygens (including phenoxy) is 3. The molecule has 11 heteroatoms. The zero-order valence-electron chi connectivity index (χ0n) is 28.3. The first-order chi connectivity index (χ1) is 24.6. The highest BCUT2D eigenvalue weighted by molar-refractivity contribution is 6.34. The van der Waals surface area contributed by atoms with Crippen molar-refractivity contribution < 1.29 is 33.5 Å². The van der Waals surface area contributed by atoms with Gasteiger partial charge in [0.25, 0.3) is 5.69 Å². The van der Waals surface area contributed by atoms with Crippen LogP contribution >= 0.6 is 23.2 Å². The van der Waals surface area contributed by atoms with Crippen molar-refractivity contribution in [1.82, 2.24) is 0 Å². The fourth-order valence-corrected chi connectivity index (χ4v) is 6.78.